The average molecular weight is 411 g/mol. The lowest BCUT2D eigenvalue weighted by Crippen LogP contribution is -2.35. The number of nitrogens with one attached hydrogen (secondary N) is 1. The molecule has 1 unspecified atom stereocenters. The van der Waals surface area contributed by atoms with Gasteiger partial charge >= 0.3 is 0 Å². The Labute approximate surface area is 175 Å². The first-order chi connectivity index (χ1) is 14.1. The molecule has 0 saturated heterocycles. The summed E-state index contributed by atoms with van der Waals surface area (Å²) >= 11 is 1.51. The van der Waals surface area contributed by atoms with Crippen LogP contribution in [0.15, 0.2) is 66.0 Å². The van der Waals surface area contributed by atoms with Crippen LogP contribution < -0.4 is 10.1 Å². The van der Waals surface area contributed by atoms with Crippen LogP contribution in [-0.2, 0) is 0 Å². The molecule has 0 bridgehead atoms. The molecule has 1 atom stereocenters. The second-order valence-corrected chi connectivity index (χ2v) is 7.51. The number of methoxy groups -OCH3 is 1. The van der Waals surface area contributed by atoms with E-state index in [1.54, 1.807) is 13.3 Å². The molecule has 3 rings (SSSR count). The summed E-state index contributed by atoms with van der Waals surface area (Å²) in [5.74, 6) is 0.642. The van der Waals surface area contributed by atoms with Gasteiger partial charge in [-0.2, -0.15) is 0 Å². The number of thioether (sulfide) groups is 1. The molecule has 0 fully saturated rings. The molecule has 2 aromatic carbocycles. The molecule has 1 N–H and O–H groups in total. The second-order valence-electron chi connectivity index (χ2n) is 6.73. The van der Waals surface area contributed by atoms with E-state index >= 15 is 0 Å². The lowest BCUT2D eigenvalue weighted by molar-refractivity contribution is 0.0934. The van der Waals surface area contributed by atoms with Crippen molar-refractivity contribution in [2.75, 3.05) is 34.0 Å². The van der Waals surface area contributed by atoms with Crippen LogP contribution in [-0.4, -0.2) is 54.4 Å². The van der Waals surface area contributed by atoms with E-state index in [2.05, 4.69) is 15.2 Å². The zero-order valence-corrected chi connectivity index (χ0v) is 17.9. The summed E-state index contributed by atoms with van der Waals surface area (Å²) in [4.78, 5) is 19.5. The van der Waals surface area contributed by atoms with E-state index < -0.39 is 0 Å². The number of nitrogens with zero attached hydrogens (tertiary/aromatic N) is 3. The number of hydrogen-bond acceptors (Lipinski definition) is 5. The third-order valence-corrected chi connectivity index (χ3v) is 5.39. The topological polar surface area (TPSA) is 59.4 Å². The van der Waals surface area contributed by atoms with Crippen molar-refractivity contribution in [1.82, 2.24) is 19.8 Å². The predicted octanol–water partition coefficient (Wildman–Crippen LogP) is 3.64. The van der Waals surface area contributed by atoms with Gasteiger partial charge < -0.3 is 15.0 Å². The molecular weight excluding hydrogens is 384 g/mol. The number of benzene rings is 2. The Morgan fingerprint density at radius 2 is 1.86 bits per heavy atom. The maximum Gasteiger partial charge on any atom is 0.270 e. The monoisotopic (exact) mass is 410 g/mol. The Morgan fingerprint density at radius 3 is 2.52 bits per heavy atom. The highest BCUT2D eigenvalue weighted by atomic mass is 32.2. The van der Waals surface area contributed by atoms with Crippen LogP contribution in [0.4, 0.5) is 0 Å². The van der Waals surface area contributed by atoms with Crippen LogP contribution in [0.1, 0.15) is 22.1 Å². The third kappa shape index (κ3) is 4.63. The number of rotatable bonds is 8. The summed E-state index contributed by atoms with van der Waals surface area (Å²) in [5.41, 5.74) is 2.45. The summed E-state index contributed by atoms with van der Waals surface area (Å²) < 4.78 is 7.39. The summed E-state index contributed by atoms with van der Waals surface area (Å²) in [6.45, 7) is 0.445. The first kappa shape index (κ1) is 21.0. The Morgan fingerprint density at radius 1 is 1.17 bits per heavy atom. The Balaban J connectivity index is 1.84. The molecule has 0 aliphatic rings. The largest absolute Gasteiger partial charge is 0.496 e. The van der Waals surface area contributed by atoms with Crippen molar-refractivity contribution < 1.29 is 9.53 Å². The van der Waals surface area contributed by atoms with E-state index in [0.717, 1.165) is 22.2 Å². The van der Waals surface area contributed by atoms with E-state index in [1.807, 2.05) is 79.5 Å². The number of imidazole rings is 1. The quantitative estimate of drug-likeness (QED) is 0.575. The highest BCUT2D eigenvalue weighted by Crippen LogP contribution is 2.27. The summed E-state index contributed by atoms with van der Waals surface area (Å²) in [6.07, 6.45) is 3.58. The second kappa shape index (κ2) is 9.62. The van der Waals surface area contributed by atoms with Crippen molar-refractivity contribution in [3.63, 3.8) is 0 Å². The fourth-order valence-electron chi connectivity index (χ4n) is 3.26. The fourth-order valence-corrected chi connectivity index (χ4v) is 3.80. The Kier molecular flexibility index (Phi) is 6.95. The average Bonchev–Trinajstić information content (AvgIpc) is 3.18. The van der Waals surface area contributed by atoms with Crippen LogP contribution in [0.2, 0.25) is 0 Å². The van der Waals surface area contributed by atoms with Gasteiger partial charge in [0.25, 0.3) is 5.91 Å². The number of carbonyl (C=O) groups excluding carboxylic acids is 1. The van der Waals surface area contributed by atoms with E-state index in [-0.39, 0.29) is 11.9 Å². The molecule has 1 amide bonds. The maximum absolute atomic E-state index is 13.0. The molecule has 1 aromatic heterocycles. The number of hydrogen-bond donors (Lipinski definition) is 1. The minimum absolute atomic E-state index is 0.0248. The van der Waals surface area contributed by atoms with Crippen molar-refractivity contribution in [3.8, 4) is 11.4 Å². The van der Waals surface area contributed by atoms with Gasteiger partial charge in [-0.1, -0.05) is 48.2 Å². The first-order valence-electron chi connectivity index (χ1n) is 9.31. The highest BCUT2D eigenvalue weighted by molar-refractivity contribution is 7.98. The molecule has 3 aromatic rings. The van der Waals surface area contributed by atoms with Crippen molar-refractivity contribution >= 4 is 17.7 Å². The zero-order valence-electron chi connectivity index (χ0n) is 17.1. The number of ether oxygens (including phenoxy) is 1. The molecule has 0 saturated carbocycles. The van der Waals surface area contributed by atoms with Gasteiger partial charge in [-0.05, 0) is 38.6 Å². The molecule has 7 heteroatoms. The normalized spacial score (nSPS) is 12.0. The van der Waals surface area contributed by atoms with Crippen molar-refractivity contribution in [3.05, 3.63) is 72.1 Å². The molecule has 29 heavy (non-hydrogen) atoms. The van der Waals surface area contributed by atoms with Gasteiger partial charge in [0.1, 0.15) is 11.4 Å². The standard InChI is InChI=1S/C22H26N4O2S/c1-25(2)18(17-12-8-9-13-20(17)28-3)14-23-21(27)19-15-24-22(29-4)26(19)16-10-6-5-7-11-16/h5-13,15,18H,14H2,1-4H3,(H,23,27). The zero-order chi connectivity index (χ0) is 20.8. The Bertz CT molecular complexity index is 956. The van der Waals surface area contributed by atoms with Gasteiger partial charge in [0.05, 0.1) is 19.3 Å². The number of para-hydroxylation sites is 2. The van der Waals surface area contributed by atoms with E-state index in [0.29, 0.717) is 12.2 Å². The SMILES string of the molecule is COc1ccccc1C(CNC(=O)c1cnc(SC)n1-c1ccccc1)N(C)C. The number of amides is 1. The van der Waals surface area contributed by atoms with Gasteiger partial charge in [0, 0.05) is 17.8 Å². The lowest BCUT2D eigenvalue weighted by Gasteiger charge is -2.26. The molecule has 0 radical (unpaired) electrons. The third-order valence-electron chi connectivity index (χ3n) is 4.74. The smallest absolute Gasteiger partial charge is 0.270 e. The van der Waals surface area contributed by atoms with Gasteiger partial charge in [-0.25, -0.2) is 4.98 Å². The number of aromatic nitrogens is 2. The molecule has 152 valence electrons. The van der Waals surface area contributed by atoms with Crippen LogP contribution in [0.25, 0.3) is 5.69 Å². The molecule has 0 spiro atoms. The molecular formula is C22H26N4O2S. The predicted molar refractivity (Wildman–Crippen MR) is 117 cm³/mol. The first-order valence-corrected chi connectivity index (χ1v) is 10.5. The van der Waals surface area contributed by atoms with Crippen LogP contribution in [0.5, 0.6) is 5.75 Å². The molecule has 0 aliphatic carbocycles. The minimum atomic E-state index is -0.164. The molecule has 1 heterocycles. The summed E-state index contributed by atoms with van der Waals surface area (Å²) in [5, 5.41) is 3.84. The van der Waals surface area contributed by atoms with Gasteiger partial charge in [0.15, 0.2) is 5.16 Å². The van der Waals surface area contributed by atoms with E-state index in [1.165, 1.54) is 11.8 Å². The lowest BCUT2D eigenvalue weighted by atomic mass is 10.0. The van der Waals surface area contributed by atoms with Gasteiger partial charge in [-0.3, -0.25) is 9.36 Å². The van der Waals surface area contributed by atoms with Crippen LogP contribution in [0.3, 0.4) is 0 Å². The molecule has 6 nitrogen and oxygen atoms in total. The van der Waals surface area contributed by atoms with E-state index in [9.17, 15) is 4.79 Å². The van der Waals surface area contributed by atoms with E-state index in [4.69, 9.17) is 4.74 Å². The van der Waals surface area contributed by atoms with Gasteiger partial charge in [0.2, 0.25) is 0 Å². The molecule has 0 aliphatic heterocycles. The highest BCUT2D eigenvalue weighted by Gasteiger charge is 2.22. The van der Waals surface area contributed by atoms with Crippen LogP contribution >= 0.6 is 11.8 Å². The van der Waals surface area contributed by atoms with Crippen molar-refractivity contribution in [2.45, 2.75) is 11.2 Å². The fraction of sp³-hybridized carbons (Fsp3) is 0.273. The van der Waals surface area contributed by atoms with Crippen LogP contribution in [0, 0.1) is 0 Å². The number of likely N-dealkylation sites (N-methyl/N-ethyl adjacent to an activating group) is 1. The summed E-state index contributed by atoms with van der Waals surface area (Å²) in [7, 11) is 5.64. The Hall–Kier alpha value is -2.77. The van der Waals surface area contributed by atoms with Crippen molar-refractivity contribution in [1.29, 1.82) is 0 Å². The maximum atomic E-state index is 13.0. The van der Waals surface area contributed by atoms with Crippen molar-refractivity contribution in [2.24, 2.45) is 0 Å². The van der Waals surface area contributed by atoms with Gasteiger partial charge in [-0.15, -0.1) is 0 Å². The number of carbonyl (C=O) groups is 1. The minimum Gasteiger partial charge on any atom is -0.496 e. The summed E-state index contributed by atoms with van der Waals surface area (Å²) in [6, 6.07) is 17.6.